The number of hydrogen-bond acceptors (Lipinski definition) is 3. The quantitative estimate of drug-likeness (QED) is 0.650. The van der Waals surface area contributed by atoms with Gasteiger partial charge in [-0.05, 0) is 13.3 Å². The van der Waals surface area contributed by atoms with Crippen LogP contribution in [-0.4, -0.2) is 37.6 Å². The molecule has 3 unspecified atom stereocenters. The molecule has 0 aromatic rings. The normalized spacial score (nSPS) is 34.1. The van der Waals surface area contributed by atoms with E-state index in [-0.39, 0.29) is 12.0 Å². The minimum Gasteiger partial charge on any atom is -0.390 e. The van der Waals surface area contributed by atoms with Crippen LogP contribution in [0.1, 0.15) is 13.3 Å². The van der Waals surface area contributed by atoms with Crippen LogP contribution in [-0.2, 0) is 9.47 Å². The maximum absolute atomic E-state index is 9.46. The topological polar surface area (TPSA) is 38.7 Å². The van der Waals surface area contributed by atoms with Gasteiger partial charge in [0, 0.05) is 13.0 Å². The van der Waals surface area contributed by atoms with Gasteiger partial charge in [-0.15, -0.1) is 0 Å². The first-order valence-electron chi connectivity index (χ1n) is 4.02. The van der Waals surface area contributed by atoms with Crippen molar-refractivity contribution in [2.24, 2.45) is 5.92 Å². The van der Waals surface area contributed by atoms with Crippen LogP contribution >= 0.6 is 0 Å². The van der Waals surface area contributed by atoms with E-state index in [4.69, 9.17) is 9.47 Å². The van der Waals surface area contributed by atoms with Crippen molar-refractivity contribution < 1.29 is 14.6 Å². The molecule has 3 heteroatoms. The molecular weight excluding hydrogens is 144 g/mol. The van der Waals surface area contributed by atoms with Crippen molar-refractivity contribution in [1.29, 1.82) is 0 Å². The van der Waals surface area contributed by atoms with Gasteiger partial charge in [0.25, 0.3) is 0 Å². The second-order valence-electron chi connectivity index (χ2n) is 3.16. The molecule has 1 rings (SSSR count). The summed E-state index contributed by atoms with van der Waals surface area (Å²) in [6.45, 7) is 3.12. The SMILES string of the molecule is COCC(O)C1COC(C)C1. The van der Waals surface area contributed by atoms with Crippen LogP contribution in [0.3, 0.4) is 0 Å². The molecule has 3 nitrogen and oxygen atoms in total. The van der Waals surface area contributed by atoms with Crippen molar-refractivity contribution in [3.63, 3.8) is 0 Å². The van der Waals surface area contributed by atoms with Crippen LogP contribution in [0.5, 0.6) is 0 Å². The summed E-state index contributed by atoms with van der Waals surface area (Å²) in [6, 6.07) is 0. The van der Waals surface area contributed by atoms with Crippen molar-refractivity contribution in [2.75, 3.05) is 20.3 Å². The van der Waals surface area contributed by atoms with Gasteiger partial charge in [-0.25, -0.2) is 0 Å². The zero-order valence-electron chi connectivity index (χ0n) is 7.12. The average Bonchev–Trinajstić information content (AvgIpc) is 2.36. The molecule has 0 aromatic heterocycles. The zero-order valence-corrected chi connectivity index (χ0v) is 7.12. The van der Waals surface area contributed by atoms with Gasteiger partial charge in [-0.2, -0.15) is 0 Å². The summed E-state index contributed by atoms with van der Waals surface area (Å²) in [5.41, 5.74) is 0. The van der Waals surface area contributed by atoms with E-state index >= 15 is 0 Å². The van der Waals surface area contributed by atoms with Crippen LogP contribution in [0.2, 0.25) is 0 Å². The molecule has 1 N–H and O–H groups in total. The van der Waals surface area contributed by atoms with Gasteiger partial charge in [-0.1, -0.05) is 0 Å². The van der Waals surface area contributed by atoms with E-state index in [1.165, 1.54) is 0 Å². The van der Waals surface area contributed by atoms with Crippen LogP contribution in [0, 0.1) is 5.92 Å². The Balaban J connectivity index is 2.25. The smallest absolute Gasteiger partial charge is 0.0824 e. The Morgan fingerprint density at radius 3 is 2.91 bits per heavy atom. The number of aliphatic hydroxyl groups is 1. The standard InChI is InChI=1S/C8H16O3/c1-6-3-7(4-11-6)8(9)5-10-2/h6-9H,3-5H2,1-2H3. The molecule has 0 aliphatic carbocycles. The zero-order chi connectivity index (χ0) is 8.27. The predicted octanol–water partition coefficient (Wildman–Crippen LogP) is 0.419. The first-order valence-corrected chi connectivity index (χ1v) is 4.02. The third kappa shape index (κ3) is 2.43. The van der Waals surface area contributed by atoms with E-state index in [1.54, 1.807) is 7.11 Å². The molecule has 1 saturated heterocycles. The molecule has 0 amide bonds. The Labute approximate surface area is 67.3 Å². The van der Waals surface area contributed by atoms with Crippen molar-refractivity contribution >= 4 is 0 Å². The minimum absolute atomic E-state index is 0.268. The van der Waals surface area contributed by atoms with E-state index in [2.05, 4.69) is 0 Å². The molecule has 0 radical (unpaired) electrons. The van der Waals surface area contributed by atoms with E-state index < -0.39 is 0 Å². The maximum Gasteiger partial charge on any atom is 0.0824 e. The highest BCUT2D eigenvalue weighted by molar-refractivity contribution is 4.76. The average molecular weight is 160 g/mol. The van der Waals surface area contributed by atoms with E-state index in [0.717, 1.165) is 6.42 Å². The Kier molecular flexibility index (Phi) is 3.30. The molecule has 3 atom stereocenters. The van der Waals surface area contributed by atoms with Crippen LogP contribution in [0.25, 0.3) is 0 Å². The molecule has 11 heavy (non-hydrogen) atoms. The van der Waals surface area contributed by atoms with Crippen LogP contribution in [0.15, 0.2) is 0 Å². The number of rotatable bonds is 3. The van der Waals surface area contributed by atoms with E-state index in [0.29, 0.717) is 19.3 Å². The third-order valence-corrected chi connectivity index (χ3v) is 2.11. The van der Waals surface area contributed by atoms with Crippen molar-refractivity contribution in [3.8, 4) is 0 Å². The first-order chi connectivity index (χ1) is 5.24. The van der Waals surface area contributed by atoms with Crippen molar-refractivity contribution in [1.82, 2.24) is 0 Å². The van der Waals surface area contributed by atoms with Gasteiger partial charge in [-0.3, -0.25) is 0 Å². The summed E-state index contributed by atoms with van der Waals surface area (Å²) in [6.07, 6.45) is 0.890. The molecule has 0 saturated carbocycles. The molecule has 1 aliphatic heterocycles. The fourth-order valence-electron chi connectivity index (χ4n) is 1.43. The minimum atomic E-state index is -0.357. The van der Waals surface area contributed by atoms with Crippen molar-refractivity contribution in [3.05, 3.63) is 0 Å². The van der Waals surface area contributed by atoms with Gasteiger partial charge in [0.05, 0.1) is 25.4 Å². The Morgan fingerprint density at radius 2 is 2.45 bits per heavy atom. The molecule has 1 heterocycles. The summed E-state index contributed by atoms with van der Waals surface area (Å²) in [5, 5.41) is 9.46. The predicted molar refractivity (Wildman–Crippen MR) is 41.4 cm³/mol. The lowest BCUT2D eigenvalue weighted by molar-refractivity contribution is 0.0201. The summed E-state index contributed by atoms with van der Waals surface area (Å²) >= 11 is 0. The van der Waals surface area contributed by atoms with Gasteiger partial charge in [0.15, 0.2) is 0 Å². The molecule has 66 valence electrons. The summed E-state index contributed by atoms with van der Waals surface area (Å²) in [5.74, 6) is 0.268. The van der Waals surface area contributed by atoms with Gasteiger partial charge < -0.3 is 14.6 Å². The van der Waals surface area contributed by atoms with E-state index in [9.17, 15) is 5.11 Å². The molecule has 0 spiro atoms. The highest BCUT2D eigenvalue weighted by Gasteiger charge is 2.27. The molecular formula is C8H16O3. The number of ether oxygens (including phenoxy) is 2. The van der Waals surface area contributed by atoms with Crippen molar-refractivity contribution in [2.45, 2.75) is 25.6 Å². The number of methoxy groups -OCH3 is 1. The molecule has 0 bridgehead atoms. The van der Waals surface area contributed by atoms with Gasteiger partial charge in [0.1, 0.15) is 0 Å². The van der Waals surface area contributed by atoms with Gasteiger partial charge in [0.2, 0.25) is 0 Å². The molecule has 0 aromatic carbocycles. The first kappa shape index (κ1) is 8.97. The highest BCUT2D eigenvalue weighted by atomic mass is 16.5. The largest absolute Gasteiger partial charge is 0.390 e. The molecule has 1 aliphatic rings. The number of aliphatic hydroxyl groups excluding tert-OH is 1. The third-order valence-electron chi connectivity index (χ3n) is 2.11. The summed E-state index contributed by atoms with van der Waals surface area (Å²) in [7, 11) is 1.60. The maximum atomic E-state index is 9.46. The van der Waals surface area contributed by atoms with E-state index in [1.807, 2.05) is 6.92 Å². The lowest BCUT2D eigenvalue weighted by Gasteiger charge is -2.14. The van der Waals surface area contributed by atoms with Crippen LogP contribution < -0.4 is 0 Å². The number of hydrogen-bond donors (Lipinski definition) is 1. The second-order valence-corrected chi connectivity index (χ2v) is 3.16. The Bertz CT molecular complexity index is 116. The fourth-order valence-corrected chi connectivity index (χ4v) is 1.43. The Hall–Kier alpha value is -0.120. The lowest BCUT2D eigenvalue weighted by atomic mass is 10.0. The fraction of sp³-hybridized carbons (Fsp3) is 1.00. The summed E-state index contributed by atoms with van der Waals surface area (Å²) < 4.78 is 10.2. The lowest BCUT2D eigenvalue weighted by Crippen LogP contribution is -2.25. The summed E-state index contributed by atoms with van der Waals surface area (Å²) in [4.78, 5) is 0. The van der Waals surface area contributed by atoms with Gasteiger partial charge >= 0.3 is 0 Å². The van der Waals surface area contributed by atoms with Crippen LogP contribution in [0.4, 0.5) is 0 Å². The second kappa shape index (κ2) is 4.04. The Morgan fingerprint density at radius 1 is 1.73 bits per heavy atom. The molecule has 1 fully saturated rings. The monoisotopic (exact) mass is 160 g/mol. The highest BCUT2D eigenvalue weighted by Crippen LogP contribution is 2.22.